The maximum absolute atomic E-state index is 13.5. The van der Waals surface area contributed by atoms with Gasteiger partial charge in [0.25, 0.3) is 0 Å². The van der Waals surface area contributed by atoms with E-state index in [9.17, 15) is 27.9 Å². The van der Waals surface area contributed by atoms with Gasteiger partial charge in [0.2, 0.25) is 17.4 Å². The van der Waals surface area contributed by atoms with E-state index in [-0.39, 0.29) is 12.5 Å². The fraction of sp³-hybridized carbons (Fsp3) is 0.421. The molecule has 0 saturated carbocycles. The van der Waals surface area contributed by atoms with Crippen molar-refractivity contribution in [2.24, 2.45) is 0 Å². The first kappa shape index (κ1) is 21.3. The number of rotatable bonds is 6. The zero-order chi connectivity index (χ0) is 21.2. The fourth-order valence-corrected chi connectivity index (χ4v) is 3.97. The van der Waals surface area contributed by atoms with Gasteiger partial charge in [0.15, 0.2) is 0 Å². The zero-order valence-electron chi connectivity index (χ0n) is 15.6. The first-order valence-electron chi connectivity index (χ1n) is 8.98. The van der Waals surface area contributed by atoms with Crippen molar-refractivity contribution in [2.75, 3.05) is 11.4 Å². The fourth-order valence-electron chi connectivity index (χ4n) is 3.05. The van der Waals surface area contributed by atoms with E-state index in [0.717, 1.165) is 12.1 Å². The van der Waals surface area contributed by atoms with Gasteiger partial charge in [0.05, 0.1) is 6.42 Å². The summed E-state index contributed by atoms with van der Waals surface area (Å²) in [5, 5.41) is 13.4. The summed E-state index contributed by atoms with van der Waals surface area (Å²) < 4.78 is 40.4. The summed E-state index contributed by atoms with van der Waals surface area (Å²) in [6.45, 7) is 2.16. The zero-order valence-corrected chi connectivity index (χ0v) is 16.4. The van der Waals surface area contributed by atoms with Crippen LogP contribution in [-0.2, 0) is 21.7 Å². The predicted octanol–water partition coefficient (Wildman–Crippen LogP) is 3.03. The molecule has 0 bridgehead atoms. The molecule has 2 aromatic rings. The minimum Gasteiger partial charge on any atom is -0.374 e. The Labute approximate surface area is 169 Å². The molecule has 1 aromatic carbocycles. The Morgan fingerprint density at radius 1 is 1.31 bits per heavy atom. The number of carbonyl (C=O) groups is 2. The number of halogens is 3. The molecule has 1 aliphatic rings. The number of hydrogen-bond donors (Lipinski definition) is 2. The summed E-state index contributed by atoms with van der Waals surface area (Å²) >= 11 is 0.660. The van der Waals surface area contributed by atoms with Crippen LogP contribution in [0.15, 0.2) is 29.6 Å². The molecule has 1 unspecified atom stereocenters. The van der Waals surface area contributed by atoms with Gasteiger partial charge in [0, 0.05) is 36.3 Å². The highest BCUT2D eigenvalue weighted by Crippen LogP contribution is 2.42. The molecule has 3 rings (SSSR count). The number of aryl methyl sites for hydroxylation is 1. The molecule has 1 saturated heterocycles. The van der Waals surface area contributed by atoms with Gasteiger partial charge in [0.1, 0.15) is 5.01 Å². The number of nitrogens with zero attached hydrogens (tertiary/aromatic N) is 2. The van der Waals surface area contributed by atoms with Gasteiger partial charge in [-0.3, -0.25) is 9.59 Å². The topological polar surface area (TPSA) is 82.5 Å². The normalized spacial score (nSPS) is 16.7. The molecule has 0 radical (unpaired) electrons. The van der Waals surface area contributed by atoms with Crippen LogP contribution in [0.2, 0.25) is 0 Å². The Bertz CT molecular complexity index is 898. The number of anilines is 1. The van der Waals surface area contributed by atoms with Crippen LogP contribution in [0.4, 0.5) is 18.9 Å². The molecule has 1 aromatic heterocycles. The van der Waals surface area contributed by atoms with E-state index in [1.165, 1.54) is 12.3 Å². The van der Waals surface area contributed by atoms with Crippen LogP contribution in [0, 0.1) is 6.92 Å². The molecular formula is C19H20F3N3O3S. The van der Waals surface area contributed by atoms with Gasteiger partial charge in [-0.05, 0) is 31.0 Å². The van der Waals surface area contributed by atoms with Crippen LogP contribution >= 0.6 is 11.3 Å². The van der Waals surface area contributed by atoms with Crippen molar-refractivity contribution < 1.29 is 27.9 Å². The molecule has 2 N–H and O–H groups in total. The first-order chi connectivity index (χ1) is 13.6. The van der Waals surface area contributed by atoms with Crippen molar-refractivity contribution >= 4 is 28.8 Å². The van der Waals surface area contributed by atoms with Gasteiger partial charge in [-0.1, -0.05) is 12.1 Å². The number of benzene rings is 1. The Hall–Kier alpha value is -2.46. The average Bonchev–Trinajstić information content (AvgIpc) is 3.28. The third-order valence-electron chi connectivity index (χ3n) is 4.67. The van der Waals surface area contributed by atoms with Crippen LogP contribution in [0.3, 0.4) is 0 Å². The van der Waals surface area contributed by atoms with Crippen LogP contribution in [0.1, 0.15) is 35.5 Å². The standard InChI is InChI=1S/C19H20F3N3O3S/c1-12-11-29-17(24-12)18(28,19(20,21)22)9-15(26)23-10-13-4-6-14(7-5-13)25-8-2-3-16(25)27/h4-7,11,28H,2-3,8-10H2,1H3,(H,23,26). The van der Waals surface area contributed by atoms with Crippen molar-refractivity contribution in [2.45, 2.75) is 44.5 Å². The van der Waals surface area contributed by atoms with Gasteiger partial charge in [-0.25, -0.2) is 4.98 Å². The van der Waals surface area contributed by atoms with Crippen molar-refractivity contribution in [3.8, 4) is 0 Å². The second-order valence-electron chi connectivity index (χ2n) is 6.92. The number of nitrogens with one attached hydrogen (secondary N) is 1. The molecule has 156 valence electrons. The molecule has 10 heteroatoms. The number of alkyl halides is 3. The van der Waals surface area contributed by atoms with E-state index in [4.69, 9.17) is 0 Å². The minimum absolute atomic E-state index is 0.00209. The first-order valence-corrected chi connectivity index (χ1v) is 9.86. The number of carbonyl (C=O) groups excluding carboxylic acids is 2. The molecule has 2 amide bonds. The Kier molecular flexibility index (Phi) is 5.95. The number of aliphatic hydroxyl groups is 1. The highest BCUT2D eigenvalue weighted by Gasteiger charge is 2.58. The molecule has 2 heterocycles. The van der Waals surface area contributed by atoms with Crippen LogP contribution in [0.5, 0.6) is 0 Å². The van der Waals surface area contributed by atoms with Crippen LogP contribution in [-0.4, -0.2) is 34.6 Å². The molecule has 29 heavy (non-hydrogen) atoms. The van der Waals surface area contributed by atoms with Gasteiger partial charge >= 0.3 is 6.18 Å². The van der Waals surface area contributed by atoms with Crippen molar-refractivity contribution in [3.63, 3.8) is 0 Å². The Morgan fingerprint density at radius 2 is 2.00 bits per heavy atom. The number of amides is 2. The predicted molar refractivity (Wildman–Crippen MR) is 101 cm³/mol. The van der Waals surface area contributed by atoms with Gasteiger partial charge in [-0.2, -0.15) is 13.2 Å². The van der Waals surface area contributed by atoms with Gasteiger partial charge < -0.3 is 15.3 Å². The van der Waals surface area contributed by atoms with E-state index in [1.807, 2.05) is 0 Å². The second-order valence-corrected chi connectivity index (χ2v) is 7.78. The lowest BCUT2D eigenvalue weighted by Crippen LogP contribution is -2.46. The maximum atomic E-state index is 13.5. The number of aromatic nitrogens is 1. The van der Waals surface area contributed by atoms with E-state index in [2.05, 4.69) is 10.3 Å². The number of thiazole rings is 1. The van der Waals surface area contributed by atoms with Crippen molar-refractivity contribution in [1.29, 1.82) is 0 Å². The molecule has 0 aliphatic carbocycles. The number of hydrogen-bond acceptors (Lipinski definition) is 5. The quantitative estimate of drug-likeness (QED) is 0.743. The lowest BCUT2D eigenvalue weighted by Gasteiger charge is -2.27. The average molecular weight is 427 g/mol. The molecular weight excluding hydrogens is 407 g/mol. The van der Waals surface area contributed by atoms with Crippen molar-refractivity contribution in [3.05, 3.63) is 45.9 Å². The van der Waals surface area contributed by atoms with Crippen LogP contribution in [0.25, 0.3) is 0 Å². The highest BCUT2D eigenvalue weighted by molar-refractivity contribution is 7.09. The highest BCUT2D eigenvalue weighted by atomic mass is 32.1. The monoisotopic (exact) mass is 427 g/mol. The third kappa shape index (κ3) is 4.59. The SMILES string of the molecule is Cc1csc(C(O)(CC(=O)NCc2ccc(N3CCCC3=O)cc2)C(F)(F)F)n1. The lowest BCUT2D eigenvalue weighted by atomic mass is 9.99. The Balaban J connectivity index is 1.63. The Morgan fingerprint density at radius 3 is 2.52 bits per heavy atom. The van der Waals surface area contributed by atoms with E-state index < -0.39 is 29.1 Å². The molecule has 1 fully saturated rings. The molecule has 1 atom stereocenters. The van der Waals surface area contributed by atoms with Crippen molar-refractivity contribution in [1.82, 2.24) is 10.3 Å². The lowest BCUT2D eigenvalue weighted by molar-refractivity contribution is -0.267. The largest absolute Gasteiger partial charge is 0.424 e. The van der Waals surface area contributed by atoms with Gasteiger partial charge in [-0.15, -0.1) is 11.3 Å². The second kappa shape index (κ2) is 8.11. The van der Waals surface area contributed by atoms with Crippen LogP contribution < -0.4 is 10.2 Å². The smallest absolute Gasteiger partial charge is 0.374 e. The van der Waals surface area contributed by atoms with E-state index in [1.54, 1.807) is 29.2 Å². The summed E-state index contributed by atoms with van der Waals surface area (Å²) in [5.74, 6) is -0.897. The minimum atomic E-state index is -5.04. The summed E-state index contributed by atoms with van der Waals surface area (Å²) in [5.41, 5.74) is -1.59. The molecule has 1 aliphatic heterocycles. The third-order valence-corrected chi connectivity index (χ3v) is 5.78. The van der Waals surface area contributed by atoms with E-state index >= 15 is 0 Å². The molecule has 0 spiro atoms. The summed E-state index contributed by atoms with van der Waals surface area (Å²) in [6.07, 6.45) is -4.90. The van der Waals surface area contributed by atoms with E-state index in [0.29, 0.717) is 35.6 Å². The maximum Gasteiger partial charge on any atom is 0.424 e. The summed E-state index contributed by atoms with van der Waals surface area (Å²) in [7, 11) is 0. The molecule has 6 nitrogen and oxygen atoms in total. The summed E-state index contributed by atoms with van der Waals surface area (Å²) in [6, 6.07) is 6.85. The summed E-state index contributed by atoms with van der Waals surface area (Å²) in [4.78, 5) is 29.3.